The highest BCUT2D eigenvalue weighted by Crippen LogP contribution is 2.17. The van der Waals surface area contributed by atoms with Gasteiger partial charge >= 0.3 is 0 Å². The molecule has 0 saturated heterocycles. The van der Waals surface area contributed by atoms with Crippen molar-refractivity contribution < 1.29 is 13.2 Å². The number of carbonyl (C=O) groups is 1. The molecule has 5 N–H and O–H groups in total. The Labute approximate surface area is 118 Å². The molecule has 1 aromatic carbocycles. The molecule has 7 heteroatoms. The van der Waals surface area contributed by atoms with Gasteiger partial charge in [-0.15, -0.1) is 0 Å². The van der Waals surface area contributed by atoms with Crippen LogP contribution in [0.3, 0.4) is 0 Å². The second-order valence-electron chi connectivity index (χ2n) is 5.15. The second-order valence-corrected chi connectivity index (χ2v) is 6.72. The zero-order valence-electron chi connectivity index (χ0n) is 11.1. The fourth-order valence-electron chi connectivity index (χ4n) is 2.33. The lowest BCUT2D eigenvalue weighted by Gasteiger charge is -2.26. The molecule has 0 aromatic heterocycles. The summed E-state index contributed by atoms with van der Waals surface area (Å²) in [5.74, 6) is -0.202. The summed E-state index contributed by atoms with van der Waals surface area (Å²) in [6, 6.07) is 5.97. The number of amides is 1. The van der Waals surface area contributed by atoms with Gasteiger partial charge in [0.25, 0.3) is 5.91 Å². The second kappa shape index (κ2) is 5.90. The molecule has 1 aromatic rings. The van der Waals surface area contributed by atoms with Gasteiger partial charge in [-0.2, -0.15) is 0 Å². The van der Waals surface area contributed by atoms with Gasteiger partial charge in [0.2, 0.25) is 10.0 Å². The summed E-state index contributed by atoms with van der Waals surface area (Å²) in [5.41, 5.74) is 6.24. The highest BCUT2D eigenvalue weighted by Gasteiger charge is 2.20. The van der Waals surface area contributed by atoms with Crippen molar-refractivity contribution in [2.75, 3.05) is 0 Å². The van der Waals surface area contributed by atoms with E-state index in [-0.39, 0.29) is 22.9 Å². The number of sulfonamides is 1. The summed E-state index contributed by atoms with van der Waals surface area (Å²) in [7, 11) is -3.72. The summed E-state index contributed by atoms with van der Waals surface area (Å²) >= 11 is 0. The fraction of sp³-hybridized carbons (Fsp3) is 0.462. The van der Waals surface area contributed by atoms with E-state index in [0.717, 1.165) is 25.7 Å². The van der Waals surface area contributed by atoms with Gasteiger partial charge in [0.05, 0.1) is 4.90 Å². The third kappa shape index (κ3) is 3.78. The molecule has 0 aliphatic heterocycles. The molecule has 110 valence electrons. The minimum Gasteiger partial charge on any atom is -0.349 e. The zero-order chi connectivity index (χ0) is 14.8. The van der Waals surface area contributed by atoms with Crippen LogP contribution in [-0.4, -0.2) is 26.4 Å². The van der Waals surface area contributed by atoms with Crippen LogP contribution in [0.4, 0.5) is 0 Å². The summed E-state index contributed by atoms with van der Waals surface area (Å²) in [6.07, 6.45) is 3.58. The van der Waals surface area contributed by atoms with E-state index in [1.807, 2.05) is 0 Å². The molecular weight excluding hydrogens is 278 g/mol. The molecular formula is C13H19N3O3S. The minimum atomic E-state index is -3.72. The molecule has 1 amide bonds. The number of rotatable bonds is 3. The Balaban J connectivity index is 1.99. The van der Waals surface area contributed by atoms with Gasteiger partial charge in [-0.25, -0.2) is 13.6 Å². The van der Waals surface area contributed by atoms with Crippen LogP contribution in [0.2, 0.25) is 0 Å². The molecule has 0 heterocycles. The van der Waals surface area contributed by atoms with E-state index < -0.39 is 10.0 Å². The molecule has 0 spiro atoms. The highest BCUT2D eigenvalue weighted by atomic mass is 32.2. The van der Waals surface area contributed by atoms with Crippen molar-refractivity contribution in [3.8, 4) is 0 Å². The highest BCUT2D eigenvalue weighted by molar-refractivity contribution is 7.89. The summed E-state index contributed by atoms with van der Waals surface area (Å²) in [4.78, 5) is 12.0. The average molecular weight is 297 g/mol. The first-order valence-electron chi connectivity index (χ1n) is 6.55. The van der Waals surface area contributed by atoms with Crippen molar-refractivity contribution in [2.45, 2.75) is 42.7 Å². The number of nitrogens with two attached hydrogens (primary N) is 2. The number of primary sulfonamides is 1. The predicted octanol–water partition coefficient (Wildman–Crippen LogP) is 0.334. The lowest BCUT2D eigenvalue weighted by atomic mass is 9.91. The molecule has 1 saturated carbocycles. The maximum Gasteiger partial charge on any atom is 0.251 e. The largest absolute Gasteiger partial charge is 0.349 e. The van der Waals surface area contributed by atoms with Crippen molar-refractivity contribution >= 4 is 15.9 Å². The van der Waals surface area contributed by atoms with Crippen molar-refractivity contribution in [1.82, 2.24) is 5.32 Å². The number of benzene rings is 1. The van der Waals surface area contributed by atoms with Crippen molar-refractivity contribution in [3.05, 3.63) is 29.8 Å². The molecule has 20 heavy (non-hydrogen) atoms. The number of hydrogen-bond donors (Lipinski definition) is 3. The van der Waals surface area contributed by atoms with Crippen LogP contribution in [0, 0.1) is 0 Å². The van der Waals surface area contributed by atoms with E-state index >= 15 is 0 Å². The molecule has 1 aliphatic rings. The van der Waals surface area contributed by atoms with Crippen LogP contribution in [0.5, 0.6) is 0 Å². The Kier molecular flexibility index (Phi) is 4.42. The van der Waals surface area contributed by atoms with Crippen LogP contribution in [0.1, 0.15) is 36.0 Å². The summed E-state index contributed by atoms with van der Waals surface area (Å²) in [6.45, 7) is 0. The van der Waals surface area contributed by atoms with E-state index in [0.29, 0.717) is 5.56 Å². The number of carbonyl (C=O) groups excluding carboxylic acids is 1. The van der Waals surface area contributed by atoms with E-state index in [4.69, 9.17) is 10.9 Å². The molecule has 0 radical (unpaired) electrons. The topological polar surface area (TPSA) is 115 Å². The van der Waals surface area contributed by atoms with Crippen molar-refractivity contribution in [1.29, 1.82) is 0 Å². The van der Waals surface area contributed by atoms with Crippen molar-refractivity contribution in [2.24, 2.45) is 10.9 Å². The van der Waals surface area contributed by atoms with Crippen LogP contribution in [-0.2, 0) is 10.0 Å². The molecule has 6 nitrogen and oxygen atoms in total. The lowest BCUT2D eigenvalue weighted by Crippen LogP contribution is -2.40. The Hall–Kier alpha value is -1.44. The predicted molar refractivity (Wildman–Crippen MR) is 75.5 cm³/mol. The van der Waals surface area contributed by atoms with Crippen LogP contribution in [0.25, 0.3) is 0 Å². The average Bonchev–Trinajstić information content (AvgIpc) is 2.40. The Morgan fingerprint density at radius 1 is 1.10 bits per heavy atom. The minimum absolute atomic E-state index is 0.00214. The maximum atomic E-state index is 12.0. The molecule has 0 bridgehead atoms. The monoisotopic (exact) mass is 297 g/mol. The third-order valence-electron chi connectivity index (χ3n) is 3.55. The standard InChI is InChI=1S/C13H19N3O3S/c14-10-3-5-11(6-4-10)16-13(17)9-1-7-12(8-2-9)20(15,18)19/h1-2,7-8,10-11H,3-6,14H2,(H,16,17)(H2,15,18,19)/t10-,11-. The Morgan fingerprint density at radius 3 is 2.15 bits per heavy atom. The molecule has 1 aliphatic carbocycles. The van der Waals surface area contributed by atoms with Gasteiger partial charge in [-0.3, -0.25) is 4.79 Å². The van der Waals surface area contributed by atoms with Gasteiger partial charge in [-0.05, 0) is 49.9 Å². The Bertz CT molecular complexity index is 575. The van der Waals surface area contributed by atoms with E-state index in [1.54, 1.807) is 0 Å². The van der Waals surface area contributed by atoms with Crippen molar-refractivity contribution in [3.63, 3.8) is 0 Å². The van der Waals surface area contributed by atoms with E-state index in [9.17, 15) is 13.2 Å². The fourth-order valence-corrected chi connectivity index (χ4v) is 2.84. The first kappa shape index (κ1) is 15.0. The summed E-state index contributed by atoms with van der Waals surface area (Å²) in [5, 5.41) is 7.94. The van der Waals surface area contributed by atoms with Gasteiger partial charge < -0.3 is 11.1 Å². The van der Waals surface area contributed by atoms with Crippen LogP contribution < -0.4 is 16.2 Å². The number of hydrogen-bond acceptors (Lipinski definition) is 4. The molecule has 0 atom stereocenters. The van der Waals surface area contributed by atoms with Crippen LogP contribution >= 0.6 is 0 Å². The number of nitrogens with one attached hydrogen (secondary N) is 1. The van der Waals surface area contributed by atoms with E-state index in [2.05, 4.69) is 5.32 Å². The SMILES string of the molecule is NS(=O)(=O)c1ccc(C(=O)N[C@H]2CC[C@H](N)CC2)cc1. The summed E-state index contributed by atoms with van der Waals surface area (Å²) < 4.78 is 22.3. The first-order chi connectivity index (χ1) is 9.36. The zero-order valence-corrected chi connectivity index (χ0v) is 11.9. The maximum absolute atomic E-state index is 12.0. The van der Waals surface area contributed by atoms with E-state index in [1.165, 1.54) is 24.3 Å². The van der Waals surface area contributed by atoms with Gasteiger partial charge in [0, 0.05) is 17.6 Å². The van der Waals surface area contributed by atoms with Gasteiger partial charge in [0.1, 0.15) is 0 Å². The first-order valence-corrected chi connectivity index (χ1v) is 8.10. The molecule has 0 unspecified atom stereocenters. The smallest absolute Gasteiger partial charge is 0.251 e. The van der Waals surface area contributed by atoms with Gasteiger partial charge in [0.15, 0.2) is 0 Å². The van der Waals surface area contributed by atoms with Gasteiger partial charge in [-0.1, -0.05) is 0 Å². The molecule has 2 rings (SSSR count). The molecule has 1 fully saturated rings. The normalized spacial score (nSPS) is 23.3. The quantitative estimate of drug-likeness (QED) is 0.745. The van der Waals surface area contributed by atoms with Crippen LogP contribution in [0.15, 0.2) is 29.2 Å². The lowest BCUT2D eigenvalue weighted by molar-refractivity contribution is 0.0926. The third-order valence-corrected chi connectivity index (χ3v) is 4.48. The Morgan fingerprint density at radius 2 is 1.65 bits per heavy atom.